The fourth-order valence-corrected chi connectivity index (χ4v) is 3.10. The van der Waals surface area contributed by atoms with Crippen LogP contribution in [0.3, 0.4) is 0 Å². The van der Waals surface area contributed by atoms with Gasteiger partial charge in [0.25, 0.3) is 0 Å². The van der Waals surface area contributed by atoms with E-state index in [0.717, 1.165) is 16.4 Å². The first-order chi connectivity index (χ1) is 15.3. The summed E-state index contributed by atoms with van der Waals surface area (Å²) < 4.78 is 81.6. The van der Waals surface area contributed by atoms with Gasteiger partial charge in [0.2, 0.25) is 22.7 Å². The molecule has 0 aliphatic heterocycles. The number of carbonyl (C=O) groups is 1. The molecule has 2 rings (SSSR count). The van der Waals surface area contributed by atoms with E-state index in [1.54, 1.807) is 0 Å². The number of hydrogen-bond acceptors (Lipinski definition) is 5. The van der Waals surface area contributed by atoms with E-state index in [1.807, 2.05) is 13.8 Å². The van der Waals surface area contributed by atoms with Crippen LogP contribution in [0.1, 0.15) is 43.5 Å². The van der Waals surface area contributed by atoms with E-state index in [4.69, 9.17) is 4.74 Å². The van der Waals surface area contributed by atoms with Crippen LogP contribution < -0.4 is 14.4 Å². The second-order valence-electron chi connectivity index (χ2n) is 7.78. The van der Waals surface area contributed by atoms with Crippen LogP contribution in [0, 0.1) is 11.7 Å². The van der Waals surface area contributed by atoms with Crippen LogP contribution in [0.2, 0.25) is 0 Å². The van der Waals surface area contributed by atoms with Gasteiger partial charge in [-0.05, 0) is 42.7 Å². The molecule has 1 aromatic heterocycles. The lowest BCUT2D eigenvalue weighted by molar-refractivity contribution is -0.141. The maximum Gasteiger partial charge on any atom is 0.433 e. The molecule has 12 heteroatoms. The molecule has 0 spiro atoms. The minimum atomic E-state index is -4.64. The molecule has 7 nitrogen and oxygen atoms in total. The average Bonchev–Trinajstić information content (AvgIpc) is 2.74. The molecule has 0 fully saturated rings. The summed E-state index contributed by atoms with van der Waals surface area (Å²) in [4.78, 5) is 16.1. The van der Waals surface area contributed by atoms with E-state index in [2.05, 4.69) is 10.3 Å². The predicted molar refractivity (Wildman–Crippen MR) is 115 cm³/mol. The second kappa shape index (κ2) is 10.8. The van der Waals surface area contributed by atoms with E-state index < -0.39 is 40.4 Å². The third kappa shape index (κ3) is 7.04. The Labute approximate surface area is 190 Å². The summed E-state index contributed by atoms with van der Waals surface area (Å²) in [5, 5.41) is 2.59. The lowest BCUT2D eigenvalue weighted by Gasteiger charge is -2.18. The van der Waals surface area contributed by atoms with Crippen LogP contribution in [0.4, 0.5) is 23.2 Å². The van der Waals surface area contributed by atoms with Crippen molar-refractivity contribution < 1.29 is 35.5 Å². The smallest absolute Gasteiger partial charge is 0.433 e. The van der Waals surface area contributed by atoms with Crippen molar-refractivity contribution in [1.82, 2.24) is 10.3 Å². The summed E-state index contributed by atoms with van der Waals surface area (Å²) in [5.41, 5.74) is -0.716. The Balaban J connectivity index is 2.16. The molecule has 1 atom stereocenters. The number of rotatable bonds is 9. The van der Waals surface area contributed by atoms with Crippen molar-refractivity contribution in [2.75, 3.05) is 18.0 Å². The van der Waals surface area contributed by atoms with Crippen LogP contribution >= 0.6 is 0 Å². The SMILES string of the molecule is CC(C)COc1nc(C(F)(F)F)ccc1CNC(=O)C(C)c1ccc(N(C)[SH](=O)=O)c(F)c1. The van der Waals surface area contributed by atoms with E-state index in [0.29, 0.717) is 5.56 Å². The Bertz CT molecular complexity index is 1070. The first kappa shape index (κ1) is 26.4. The maximum absolute atomic E-state index is 14.3. The number of thiol groups is 1. The number of aromatic nitrogens is 1. The predicted octanol–water partition coefficient (Wildman–Crippen LogP) is 3.66. The number of alkyl halides is 3. The van der Waals surface area contributed by atoms with Crippen LogP contribution in [0.15, 0.2) is 30.3 Å². The number of benzene rings is 1. The Hall–Kier alpha value is -2.89. The van der Waals surface area contributed by atoms with Gasteiger partial charge < -0.3 is 10.1 Å². The van der Waals surface area contributed by atoms with E-state index >= 15 is 0 Å². The number of anilines is 1. The number of ether oxygens (including phenoxy) is 1. The number of nitrogens with one attached hydrogen (secondary N) is 1. The molecule has 0 saturated carbocycles. The highest BCUT2D eigenvalue weighted by atomic mass is 32.2. The molecule has 1 N–H and O–H groups in total. The first-order valence-corrected chi connectivity index (χ1v) is 11.1. The zero-order valence-corrected chi connectivity index (χ0v) is 19.3. The summed E-state index contributed by atoms with van der Waals surface area (Å²) >= 11 is 0. The van der Waals surface area contributed by atoms with Gasteiger partial charge in [-0.25, -0.2) is 17.8 Å². The summed E-state index contributed by atoms with van der Waals surface area (Å²) in [6.07, 6.45) is -4.64. The first-order valence-electron chi connectivity index (χ1n) is 9.96. The zero-order valence-electron chi connectivity index (χ0n) is 18.4. The van der Waals surface area contributed by atoms with Crippen LogP contribution in [-0.4, -0.2) is 33.0 Å². The molecule has 0 aliphatic rings. The van der Waals surface area contributed by atoms with Crippen molar-refractivity contribution in [3.63, 3.8) is 0 Å². The van der Waals surface area contributed by atoms with Crippen molar-refractivity contribution in [2.45, 2.75) is 39.4 Å². The number of amides is 1. The standard InChI is InChI=1S/C21H25F4N3O4S/c1-12(2)11-32-20-15(6-8-18(27-20)21(23,24)25)10-26-19(29)13(3)14-5-7-17(16(22)9-14)28(4)33(30)31/h5-9,12-13,33H,10-11H2,1-4H3,(H,26,29). The minimum Gasteiger partial charge on any atom is -0.477 e. The lowest BCUT2D eigenvalue weighted by Crippen LogP contribution is -2.28. The molecule has 1 aromatic carbocycles. The second-order valence-corrected chi connectivity index (χ2v) is 8.85. The van der Waals surface area contributed by atoms with Gasteiger partial charge >= 0.3 is 6.18 Å². The fraction of sp³-hybridized carbons (Fsp3) is 0.429. The van der Waals surface area contributed by atoms with Crippen molar-refractivity contribution in [1.29, 1.82) is 0 Å². The molecule has 0 radical (unpaired) electrons. The molecule has 0 aliphatic carbocycles. The minimum absolute atomic E-state index is 0.0421. The zero-order chi connectivity index (χ0) is 24.9. The van der Waals surface area contributed by atoms with Crippen LogP contribution in [0.5, 0.6) is 5.88 Å². The Kier molecular flexibility index (Phi) is 8.64. The molecule has 1 amide bonds. The van der Waals surface area contributed by atoms with Gasteiger partial charge in [-0.15, -0.1) is 0 Å². The van der Waals surface area contributed by atoms with Gasteiger partial charge in [0.15, 0.2) is 0 Å². The van der Waals surface area contributed by atoms with Gasteiger partial charge in [0.05, 0.1) is 18.2 Å². The topological polar surface area (TPSA) is 88.6 Å². The molecule has 0 saturated heterocycles. The average molecular weight is 492 g/mol. The van der Waals surface area contributed by atoms with Crippen molar-refractivity contribution in [2.24, 2.45) is 5.92 Å². The molecular formula is C21H25F4N3O4S. The molecule has 1 unspecified atom stereocenters. The van der Waals surface area contributed by atoms with Gasteiger partial charge in [0.1, 0.15) is 11.5 Å². The van der Waals surface area contributed by atoms with E-state index in [9.17, 15) is 30.8 Å². The molecule has 1 heterocycles. The maximum atomic E-state index is 14.3. The molecule has 182 valence electrons. The number of carbonyl (C=O) groups excluding carboxylic acids is 1. The van der Waals surface area contributed by atoms with Crippen molar-refractivity contribution >= 4 is 22.5 Å². The van der Waals surface area contributed by atoms with E-state index in [-0.39, 0.29) is 36.2 Å². The molecule has 2 aromatic rings. The summed E-state index contributed by atoms with van der Waals surface area (Å²) in [5.74, 6) is -2.33. The van der Waals surface area contributed by atoms with Crippen molar-refractivity contribution in [3.05, 3.63) is 53.0 Å². The largest absolute Gasteiger partial charge is 0.477 e. The highest BCUT2D eigenvalue weighted by Gasteiger charge is 2.33. The third-order valence-electron chi connectivity index (χ3n) is 4.69. The Morgan fingerprint density at radius 2 is 1.85 bits per heavy atom. The Morgan fingerprint density at radius 3 is 2.39 bits per heavy atom. The normalized spacial score (nSPS) is 12.7. The number of nitrogens with zero attached hydrogens (tertiary/aromatic N) is 2. The van der Waals surface area contributed by atoms with E-state index in [1.165, 1.54) is 32.2 Å². The van der Waals surface area contributed by atoms with Gasteiger partial charge in [-0.1, -0.05) is 19.9 Å². The van der Waals surface area contributed by atoms with Gasteiger partial charge in [-0.2, -0.15) is 13.2 Å². The monoisotopic (exact) mass is 491 g/mol. The number of pyridine rings is 1. The summed E-state index contributed by atoms with van der Waals surface area (Å²) in [6, 6.07) is 5.72. The van der Waals surface area contributed by atoms with Crippen LogP contribution in [0.25, 0.3) is 0 Å². The van der Waals surface area contributed by atoms with Crippen LogP contribution in [-0.2, 0) is 28.4 Å². The van der Waals surface area contributed by atoms with Gasteiger partial charge in [-0.3, -0.25) is 9.10 Å². The molecular weight excluding hydrogens is 466 g/mol. The van der Waals surface area contributed by atoms with Gasteiger partial charge in [0, 0.05) is 19.2 Å². The number of hydrogen-bond donors (Lipinski definition) is 2. The summed E-state index contributed by atoms with van der Waals surface area (Å²) in [7, 11) is -1.83. The highest BCUT2D eigenvalue weighted by Crippen LogP contribution is 2.30. The summed E-state index contributed by atoms with van der Waals surface area (Å²) in [6.45, 7) is 5.16. The Morgan fingerprint density at radius 1 is 1.18 bits per heavy atom. The third-order valence-corrected chi connectivity index (χ3v) is 5.40. The fourth-order valence-electron chi connectivity index (χ4n) is 2.76. The number of halogens is 4. The lowest BCUT2D eigenvalue weighted by atomic mass is 9.99. The van der Waals surface area contributed by atoms with Crippen molar-refractivity contribution in [3.8, 4) is 5.88 Å². The molecule has 33 heavy (non-hydrogen) atoms. The highest BCUT2D eigenvalue weighted by molar-refractivity contribution is 7.74. The molecule has 0 bridgehead atoms. The quantitative estimate of drug-likeness (QED) is 0.413.